The van der Waals surface area contributed by atoms with E-state index in [9.17, 15) is 14.7 Å². The van der Waals surface area contributed by atoms with Gasteiger partial charge in [-0.3, -0.25) is 0 Å². The molecule has 0 aliphatic carbocycles. The summed E-state index contributed by atoms with van der Waals surface area (Å²) in [5, 5.41) is 12.0. The zero-order valence-corrected chi connectivity index (χ0v) is 19.7. The van der Waals surface area contributed by atoms with Crippen LogP contribution in [0.2, 0.25) is 0 Å². The molecular weight excluding hydrogens is 421 g/mol. The molecule has 0 aromatic heterocycles. The summed E-state index contributed by atoms with van der Waals surface area (Å²) < 4.78 is 17.7. The van der Waals surface area contributed by atoms with Crippen molar-refractivity contribution in [2.45, 2.75) is 52.4 Å². The fourth-order valence-electron chi connectivity index (χ4n) is 3.32. The number of nitrogens with one attached hydrogen (secondary N) is 1. The summed E-state index contributed by atoms with van der Waals surface area (Å²) in [7, 11) is -0.678. The van der Waals surface area contributed by atoms with Gasteiger partial charge in [-0.1, -0.05) is 42.5 Å². The Labute approximate surface area is 194 Å². The lowest BCUT2D eigenvalue weighted by molar-refractivity contribution is 0.00578. The second kappa shape index (κ2) is 9.81. The number of amides is 1. The lowest BCUT2D eigenvalue weighted by Gasteiger charge is -2.32. The van der Waals surface area contributed by atoms with Crippen molar-refractivity contribution in [1.29, 1.82) is 0 Å². The highest BCUT2D eigenvalue weighted by Gasteiger charge is 2.52. The second-order valence-electron chi connectivity index (χ2n) is 9.10. The SMILES string of the molecule is Cc1cc(C(=O)O)ccc1C=C(CNC(=O)OCc1ccccc1)B1OC(C)(C)C(C)(C)O1. The first-order valence-electron chi connectivity index (χ1n) is 10.8. The molecule has 1 fully saturated rings. The number of alkyl carbamates (subject to hydrolysis) is 1. The van der Waals surface area contributed by atoms with Crippen molar-refractivity contribution < 1.29 is 28.7 Å². The number of benzene rings is 2. The minimum absolute atomic E-state index is 0.143. The Hall–Kier alpha value is -3.10. The van der Waals surface area contributed by atoms with E-state index in [1.165, 1.54) is 0 Å². The molecule has 2 aromatic rings. The van der Waals surface area contributed by atoms with Gasteiger partial charge in [-0.15, -0.1) is 0 Å². The van der Waals surface area contributed by atoms with Gasteiger partial charge in [-0.2, -0.15) is 0 Å². The molecule has 7 nitrogen and oxygen atoms in total. The minimum Gasteiger partial charge on any atom is -0.478 e. The molecule has 0 radical (unpaired) electrons. The van der Waals surface area contributed by atoms with Crippen molar-refractivity contribution >= 4 is 25.3 Å². The molecule has 1 heterocycles. The topological polar surface area (TPSA) is 94.1 Å². The van der Waals surface area contributed by atoms with Gasteiger partial charge in [0.1, 0.15) is 6.61 Å². The van der Waals surface area contributed by atoms with Crippen LogP contribution in [0.15, 0.2) is 54.0 Å². The van der Waals surface area contributed by atoms with Crippen molar-refractivity contribution in [3.05, 3.63) is 76.3 Å². The normalized spacial score (nSPS) is 17.0. The van der Waals surface area contributed by atoms with E-state index in [0.29, 0.717) is 5.47 Å². The van der Waals surface area contributed by atoms with E-state index in [2.05, 4.69) is 5.32 Å². The Morgan fingerprint density at radius 1 is 1.06 bits per heavy atom. The van der Waals surface area contributed by atoms with Gasteiger partial charge in [0.25, 0.3) is 0 Å². The maximum atomic E-state index is 12.3. The monoisotopic (exact) mass is 451 g/mol. The summed E-state index contributed by atoms with van der Waals surface area (Å²) in [6.07, 6.45) is 1.31. The van der Waals surface area contributed by atoms with Crippen LogP contribution < -0.4 is 5.32 Å². The highest BCUT2D eigenvalue weighted by atomic mass is 16.7. The van der Waals surface area contributed by atoms with Crippen LogP contribution in [-0.4, -0.2) is 42.0 Å². The molecule has 3 rings (SSSR count). The Balaban J connectivity index is 1.78. The van der Waals surface area contributed by atoms with E-state index in [4.69, 9.17) is 14.0 Å². The summed E-state index contributed by atoms with van der Waals surface area (Å²) in [4.78, 5) is 23.6. The molecule has 2 N–H and O–H groups in total. The molecule has 1 aliphatic heterocycles. The number of carboxylic acid groups (broad SMARTS) is 1. The predicted molar refractivity (Wildman–Crippen MR) is 127 cm³/mol. The number of carboxylic acids is 1. The minimum atomic E-state index is -0.984. The number of ether oxygens (including phenoxy) is 1. The van der Waals surface area contributed by atoms with Gasteiger partial charge < -0.3 is 24.5 Å². The van der Waals surface area contributed by atoms with Crippen LogP contribution in [0.3, 0.4) is 0 Å². The third kappa shape index (κ3) is 6.03. The van der Waals surface area contributed by atoms with Gasteiger partial charge in [-0.05, 0) is 68.9 Å². The molecule has 8 heteroatoms. The molecule has 0 unspecified atom stereocenters. The average molecular weight is 451 g/mol. The Kier molecular flexibility index (Phi) is 7.30. The van der Waals surface area contributed by atoms with Crippen LogP contribution in [0.1, 0.15) is 54.7 Å². The third-order valence-corrected chi connectivity index (χ3v) is 6.06. The van der Waals surface area contributed by atoms with E-state index in [-0.39, 0.29) is 18.7 Å². The number of hydrogen-bond acceptors (Lipinski definition) is 5. The molecule has 33 heavy (non-hydrogen) atoms. The van der Waals surface area contributed by atoms with Crippen molar-refractivity contribution in [3.8, 4) is 0 Å². The van der Waals surface area contributed by atoms with Crippen molar-refractivity contribution in [3.63, 3.8) is 0 Å². The van der Waals surface area contributed by atoms with E-state index < -0.39 is 30.4 Å². The van der Waals surface area contributed by atoms with Crippen molar-refractivity contribution in [1.82, 2.24) is 5.32 Å². The smallest absolute Gasteiger partial charge is 0.478 e. The zero-order chi connectivity index (χ0) is 24.2. The summed E-state index contributed by atoms with van der Waals surface area (Å²) >= 11 is 0. The molecule has 0 spiro atoms. The number of carbonyl (C=O) groups excluding carboxylic acids is 1. The van der Waals surface area contributed by atoms with Gasteiger partial charge in [0.2, 0.25) is 0 Å². The third-order valence-electron chi connectivity index (χ3n) is 6.06. The van der Waals surface area contributed by atoms with Gasteiger partial charge in [0.15, 0.2) is 0 Å². The predicted octanol–water partition coefficient (Wildman–Crippen LogP) is 4.63. The van der Waals surface area contributed by atoms with Crippen LogP contribution in [-0.2, 0) is 20.7 Å². The summed E-state index contributed by atoms with van der Waals surface area (Å²) in [6, 6.07) is 14.3. The van der Waals surface area contributed by atoms with Crippen LogP contribution in [0.5, 0.6) is 0 Å². The molecule has 1 saturated heterocycles. The summed E-state index contributed by atoms with van der Waals surface area (Å²) in [5.41, 5.74) is 2.30. The maximum Gasteiger partial charge on any atom is 0.492 e. The fraction of sp³-hybridized carbons (Fsp3) is 0.360. The first-order chi connectivity index (χ1) is 15.5. The number of rotatable bonds is 7. The van der Waals surface area contributed by atoms with Gasteiger partial charge in [-0.25, -0.2) is 9.59 Å². The fourth-order valence-corrected chi connectivity index (χ4v) is 3.32. The first kappa shape index (κ1) is 24.5. The molecular formula is C25H30BNO6. The molecule has 1 aliphatic rings. The lowest BCUT2D eigenvalue weighted by atomic mass is 9.76. The first-order valence-corrected chi connectivity index (χ1v) is 10.8. The van der Waals surface area contributed by atoms with E-state index >= 15 is 0 Å². The maximum absolute atomic E-state index is 12.3. The van der Waals surface area contributed by atoms with E-state index in [1.54, 1.807) is 18.2 Å². The van der Waals surface area contributed by atoms with Gasteiger partial charge in [0.05, 0.1) is 16.8 Å². The lowest BCUT2D eigenvalue weighted by Crippen LogP contribution is -2.41. The quantitative estimate of drug-likeness (QED) is 0.596. The Bertz CT molecular complexity index is 1030. The highest BCUT2D eigenvalue weighted by Crippen LogP contribution is 2.38. The second-order valence-corrected chi connectivity index (χ2v) is 9.10. The van der Waals surface area contributed by atoms with E-state index in [1.807, 2.05) is 71.0 Å². The van der Waals surface area contributed by atoms with Crippen molar-refractivity contribution in [2.75, 3.05) is 6.54 Å². The van der Waals surface area contributed by atoms with E-state index in [0.717, 1.165) is 16.7 Å². The van der Waals surface area contributed by atoms with Gasteiger partial charge >= 0.3 is 19.2 Å². The zero-order valence-electron chi connectivity index (χ0n) is 19.7. The Morgan fingerprint density at radius 3 is 2.27 bits per heavy atom. The van der Waals surface area contributed by atoms with Crippen molar-refractivity contribution in [2.24, 2.45) is 0 Å². The van der Waals surface area contributed by atoms with Crippen LogP contribution in [0.25, 0.3) is 6.08 Å². The number of aromatic carboxylic acids is 1. The van der Waals surface area contributed by atoms with Gasteiger partial charge in [0, 0.05) is 6.54 Å². The molecule has 2 aromatic carbocycles. The standard InChI is InChI=1S/C25H30BNO6/c1-17-13-20(22(28)29)12-11-19(17)14-21(26-32-24(2,3)25(4,5)33-26)15-27-23(30)31-16-18-9-7-6-8-10-18/h6-14H,15-16H2,1-5H3,(H,27,30)(H,28,29). The highest BCUT2D eigenvalue weighted by molar-refractivity contribution is 6.56. The average Bonchev–Trinajstić information content (AvgIpc) is 2.98. The number of hydrogen-bond donors (Lipinski definition) is 2. The van der Waals surface area contributed by atoms with Crippen LogP contribution >= 0.6 is 0 Å². The van der Waals surface area contributed by atoms with Crippen LogP contribution in [0, 0.1) is 6.92 Å². The number of aryl methyl sites for hydroxylation is 1. The van der Waals surface area contributed by atoms with Crippen LogP contribution in [0.4, 0.5) is 4.79 Å². The molecule has 174 valence electrons. The molecule has 0 bridgehead atoms. The molecule has 1 amide bonds. The molecule has 0 saturated carbocycles. The number of carbonyl (C=O) groups is 2. The summed E-state index contributed by atoms with van der Waals surface area (Å²) in [6.45, 7) is 9.97. The summed E-state index contributed by atoms with van der Waals surface area (Å²) in [5.74, 6) is -0.984. The Morgan fingerprint density at radius 2 is 1.70 bits per heavy atom. The molecule has 0 atom stereocenters. The largest absolute Gasteiger partial charge is 0.492 e.